The van der Waals surface area contributed by atoms with Crippen molar-refractivity contribution < 1.29 is 97.4 Å². The second-order valence-electron chi connectivity index (χ2n) is 9.98. The van der Waals surface area contributed by atoms with Gasteiger partial charge in [0.2, 0.25) is 0 Å². The van der Waals surface area contributed by atoms with Gasteiger partial charge in [0.15, 0.2) is 15.6 Å². The van der Waals surface area contributed by atoms with Crippen LogP contribution in [0.25, 0.3) is 0 Å². The number of carboxylic acids is 3. The van der Waals surface area contributed by atoms with E-state index in [0.717, 1.165) is 18.2 Å². The van der Waals surface area contributed by atoms with E-state index < -0.39 is 106 Å². The zero-order valence-electron chi connectivity index (χ0n) is 25.4. The Hall–Kier alpha value is -4.10. The van der Waals surface area contributed by atoms with Gasteiger partial charge in [-0.15, -0.1) is 0 Å². The molecule has 1 heterocycles. The van der Waals surface area contributed by atoms with Gasteiger partial charge in [-0.2, -0.15) is 26.3 Å². The van der Waals surface area contributed by atoms with Gasteiger partial charge in [0.05, 0.1) is 29.7 Å². The summed E-state index contributed by atoms with van der Waals surface area (Å²) in [5.41, 5.74) is 10.1. The van der Waals surface area contributed by atoms with E-state index in [0.29, 0.717) is 0 Å². The maximum atomic E-state index is 13.4. The van der Waals surface area contributed by atoms with E-state index in [-0.39, 0.29) is 36.6 Å². The van der Waals surface area contributed by atoms with Gasteiger partial charge in [0.1, 0.15) is 31.2 Å². The number of hydrogen-bond donors (Lipinski definition) is 5. The molecular weight excluding hydrogens is 765 g/mol. The van der Waals surface area contributed by atoms with Crippen LogP contribution in [0.1, 0.15) is 18.4 Å². The van der Waals surface area contributed by atoms with Crippen LogP contribution in [0.3, 0.4) is 0 Å². The zero-order valence-corrected chi connectivity index (χ0v) is 27.0. The minimum absolute atomic E-state index is 0.0898. The van der Waals surface area contributed by atoms with E-state index in [1.807, 2.05) is 0 Å². The van der Waals surface area contributed by atoms with Crippen LogP contribution in [0.2, 0.25) is 5.02 Å². The van der Waals surface area contributed by atoms with Crippen LogP contribution in [0, 0.1) is 5.82 Å². The summed E-state index contributed by atoms with van der Waals surface area (Å²) in [6.07, 6.45) is -11.4. The van der Waals surface area contributed by atoms with Crippen LogP contribution >= 0.6 is 11.6 Å². The number of esters is 2. The largest absolute Gasteiger partial charge is 0.490 e. The number of sulfone groups is 1. The molecule has 0 aromatic heterocycles. The van der Waals surface area contributed by atoms with Gasteiger partial charge >= 0.3 is 42.2 Å². The number of rotatable bonds is 10. The van der Waals surface area contributed by atoms with E-state index in [1.54, 1.807) is 0 Å². The Balaban J connectivity index is 0.000000780. The molecule has 0 bridgehead atoms. The molecule has 25 heteroatoms. The summed E-state index contributed by atoms with van der Waals surface area (Å²) < 4.78 is 125. The zero-order chi connectivity index (χ0) is 39.5. The standard InChI is InChI=1S/C22H26ClFN2O10S.2C2HF3O2/c23-15-5-13(24)2-1-12(15)11-37(31,32)18-3-4-22(6-14(18)21(29)30)35-16(9-33-19(27)7-25)17(36-22)10-34-20(28)8-26;2*3-2(4,5)1(6)7/h1-2,5-6,16-18H,3-4,7-11,25-26H2,(H,29,30);2*(H,6,7)/t16-,17-,18?;;/m1../s1. The summed E-state index contributed by atoms with van der Waals surface area (Å²) in [6, 6.07) is 3.23. The van der Waals surface area contributed by atoms with Gasteiger partial charge < -0.3 is 45.7 Å². The normalized spacial score (nSPS) is 19.7. The van der Waals surface area contributed by atoms with Crippen LogP contribution in [0.4, 0.5) is 30.7 Å². The Morgan fingerprint density at radius 2 is 1.31 bits per heavy atom. The summed E-state index contributed by atoms with van der Waals surface area (Å²) in [5.74, 6) is -11.5. The lowest BCUT2D eigenvalue weighted by molar-refractivity contribution is -0.193. The summed E-state index contributed by atoms with van der Waals surface area (Å²) in [4.78, 5) is 52.9. The molecule has 1 saturated heterocycles. The molecule has 0 radical (unpaired) electrons. The number of carbonyl (C=O) groups is 5. The summed E-state index contributed by atoms with van der Waals surface area (Å²) >= 11 is 5.97. The van der Waals surface area contributed by atoms with Gasteiger partial charge in [-0.3, -0.25) is 9.59 Å². The molecule has 51 heavy (non-hydrogen) atoms. The van der Waals surface area contributed by atoms with Crippen molar-refractivity contribution in [1.29, 1.82) is 0 Å². The predicted molar refractivity (Wildman–Crippen MR) is 153 cm³/mol. The van der Waals surface area contributed by atoms with Crippen molar-refractivity contribution in [3.8, 4) is 0 Å². The SMILES string of the molecule is NCC(=O)OC[C@H]1OC2(C=C(C(=O)O)C(S(=O)(=O)Cc3ccc(F)cc3Cl)CC2)O[C@@H]1COC(=O)CN.O=C(O)C(F)(F)F.O=C(O)C(F)(F)F. The molecule has 3 atom stereocenters. The van der Waals surface area contributed by atoms with Crippen LogP contribution in [-0.2, 0) is 58.5 Å². The fourth-order valence-corrected chi connectivity index (χ4v) is 6.28. The molecule has 7 N–H and O–H groups in total. The van der Waals surface area contributed by atoms with Crippen LogP contribution in [-0.4, -0.2) is 115 Å². The smallest absolute Gasteiger partial charge is 0.478 e. The number of aliphatic carboxylic acids is 3. The lowest BCUT2D eigenvalue weighted by Gasteiger charge is -2.33. The predicted octanol–water partition coefficient (Wildman–Crippen LogP) is 1.32. The molecule has 1 spiro atoms. The molecule has 16 nitrogen and oxygen atoms in total. The van der Waals surface area contributed by atoms with Crippen molar-refractivity contribution in [3.05, 3.63) is 46.3 Å². The summed E-state index contributed by atoms with van der Waals surface area (Å²) in [6.45, 7) is -1.48. The highest BCUT2D eigenvalue weighted by Gasteiger charge is 2.52. The maximum absolute atomic E-state index is 13.4. The quantitative estimate of drug-likeness (QED) is 0.165. The average Bonchev–Trinajstić information content (AvgIpc) is 3.35. The molecule has 288 valence electrons. The van der Waals surface area contributed by atoms with Crippen molar-refractivity contribution in [2.75, 3.05) is 26.3 Å². The number of alkyl halides is 6. The number of nitrogens with two attached hydrogens (primary N) is 2. The fraction of sp³-hybridized carbons (Fsp3) is 0.500. The van der Waals surface area contributed by atoms with Crippen molar-refractivity contribution in [2.45, 2.75) is 54.2 Å². The lowest BCUT2D eigenvalue weighted by Crippen LogP contribution is -2.41. The summed E-state index contributed by atoms with van der Waals surface area (Å²) in [5, 5.41) is 22.5. The Labute approximate surface area is 286 Å². The molecule has 1 aliphatic heterocycles. The number of ether oxygens (including phenoxy) is 4. The van der Waals surface area contributed by atoms with E-state index >= 15 is 0 Å². The third kappa shape index (κ3) is 14.2. The number of hydrogen-bond acceptors (Lipinski definition) is 13. The highest BCUT2D eigenvalue weighted by Crippen LogP contribution is 2.42. The molecule has 0 amide bonds. The third-order valence-electron chi connectivity index (χ3n) is 6.28. The highest BCUT2D eigenvalue weighted by molar-refractivity contribution is 7.91. The second-order valence-corrected chi connectivity index (χ2v) is 12.6. The average molecular weight is 793 g/mol. The number of halogens is 8. The number of benzene rings is 1. The molecule has 1 aromatic carbocycles. The Morgan fingerprint density at radius 3 is 1.67 bits per heavy atom. The Morgan fingerprint density at radius 1 is 0.882 bits per heavy atom. The van der Waals surface area contributed by atoms with E-state index in [9.17, 15) is 58.6 Å². The van der Waals surface area contributed by atoms with Gasteiger partial charge in [-0.1, -0.05) is 17.7 Å². The third-order valence-corrected chi connectivity index (χ3v) is 8.70. The molecule has 1 unspecified atom stereocenters. The Kier molecular flexibility index (Phi) is 16.2. The monoisotopic (exact) mass is 792 g/mol. The minimum Gasteiger partial charge on any atom is -0.478 e. The molecule has 1 aromatic rings. The van der Waals surface area contributed by atoms with Gasteiger partial charge in [0.25, 0.3) is 0 Å². The molecule has 1 fully saturated rings. The van der Waals surface area contributed by atoms with Gasteiger partial charge in [-0.25, -0.2) is 27.2 Å². The molecule has 3 rings (SSSR count). The second kappa shape index (κ2) is 18.4. The van der Waals surface area contributed by atoms with Crippen LogP contribution < -0.4 is 11.5 Å². The first-order valence-corrected chi connectivity index (χ1v) is 15.7. The van der Waals surface area contributed by atoms with E-state index in [1.165, 1.54) is 6.07 Å². The molecular formula is C26H28ClF7N2O14S. The van der Waals surface area contributed by atoms with Crippen molar-refractivity contribution in [3.63, 3.8) is 0 Å². The first kappa shape index (κ1) is 44.9. The number of carbonyl (C=O) groups excluding carboxylic acids is 2. The van der Waals surface area contributed by atoms with E-state index in [4.69, 9.17) is 61.8 Å². The molecule has 0 saturated carbocycles. The Bertz CT molecular complexity index is 1540. The van der Waals surface area contributed by atoms with Gasteiger partial charge in [-0.05, 0) is 30.2 Å². The van der Waals surface area contributed by atoms with Crippen molar-refractivity contribution in [2.24, 2.45) is 11.5 Å². The fourth-order valence-electron chi connectivity index (χ4n) is 4.05. The highest BCUT2D eigenvalue weighted by atomic mass is 35.5. The number of carboxylic acid groups (broad SMARTS) is 3. The minimum atomic E-state index is -5.08. The first-order chi connectivity index (χ1) is 23.3. The maximum Gasteiger partial charge on any atom is 0.490 e. The summed E-state index contributed by atoms with van der Waals surface area (Å²) in [7, 11) is -4.12. The van der Waals surface area contributed by atoms with Crippen LogP contribution in [0.5, 0.6) is 0 Å². The van der Waals surface area contributed by atoms with Crippen LogP contribution in [0.15, 0.2) is 29.8 Å². The lowest BCUT2D eigenvalue weighted by atomic mass is 9.94. The molecule has 2 aliphatic rings. The van der Waals surface area contributed by atoms with Crippen molar-refractivity contribution >= 4 is 51.3 Å². The van der Waals surface area contributed by atoms with E-state index in [2.05, 4.69) is 0 Å². The van der Waals surface area contributed by atoms with Crippen molar-refractivity contribution in [1.82, 2.24) is 0 Å². The topological polar surface area (TPSA) is 269 Å². The molecule has 1 aliphatic carbocycles. The first-order valence-electron chi connectivity index (χ1n) is 13.6. The van der Waals surface area contributed by atoms with Gasteiger partial charge in [0, 0.05) is 11.4 Å².